The molecule has 124 valence electrons. The van der Waals surface area contributed by atoms with Gasteiger partial charge in [-0.05, 0) is 24.2 Å². The van der Waals surface area contributed by atoms with Gasteiger partial charge in [-0.3, -0.25) is 9.30 Å². The molecule has 2 aromatic heterocycles. The number of fused-ring (bicyclic) bond motifs is 1. The van der Waals surface area contributed by atoms with E-state index in [0.29, 0.717) is 0 Å². The lowest BCUT2D eigenvalue weighted by Crippen LogP contribution is -2.45. The second-order valence-electron chi connectivity index (χ2n) is 6.44. The van der Waals surface area contributed by atoms with Crippen LogP contribution in [0.4, 0.5) is 0 Å². The summed E-state index contributed by atoms with van der Waals surface area (Å²) < 4.78 is 2.17. The summed E-state index contributed by atoms with van der Waals surface area (Å²) in [6.45, 7) is 9.06. The molecule has 0 radical (unpaired) electrons. The van der Waals surface area contributed by atoms with Crippen LogP contribution in [0, 0.1) is 0 Å². The molecule has 4 nitrogen and oxygen atoms in total. The number of rotatable bonds is 4. The Kier molecular flexibility index (Phi) is 4.32. The van der Waals surface area contributed by atoms with Gasteiger partial charge in [-0.25, -0.2) is 4.98 Å². The maximum absolute atomic E-state index is 4.55. The van der Waals surface area contributed by atoms with Gasteiger partial charge in [0, 0.05) is 44.5 Å². The van der Waals surface area contributed by atoms with Crippen LogP contribution in [0.25, 0.3) is 16.9 Å². The summed E-state index contributed by atoms with van der Waals surface area (Å²) in [5.74, 6) is 0. The Balaban J connectivity index is 1.62. The Morgan fingerprint density at radius 1 is 0.917 bits per heavy atom. The van der Waals surface area contributed by atoms with Crippen molar-refractivity contribution in [2.75, 3.05) is 32.7 Å². The molecule has 0 saturated carbocycles. The van der Waals surface area contributed by atoms with Crippen LogP contribution in [-0.4, -0.2) is 51.9 Å². The van der Waals surface area contributed by atoms with E-state index in [2.05, 4.69) is 68.7 Å². The second-order valence-corrected chi connectivity index (χ2v) is 6.44. The third kappa shape index (κ3) is 2.95. The molecule has 1 aliphatic rings. The first kappa shape index (κ1) is 15.4. The molecule has 0 aliphatic carbocycles. The summed E-state index contributed by atoms with van der Waals surface area (Å²) in [6, 6.07) is 14.9. The molecule has 4 rings (SSSR count). The van der Waals surface area contributed by atoms with Crippen molar-refractivity contribution >= 4 is 5.65 Å². The van der Waals surface area contributed by atoms with Gasteiger partial charge in [0.1, 0.15) is 5.65 Å². The third-order valence-corrected chi connectivity index (χ3v) is 5.02. The molecule has 1 fully saturated rings. The zero-order chi connectivity index (χ0) is 16.4. The molecule has 3 heterocycles. The van der Waals surface area contributed by atoms with E-state index in [1.165, 1.54) is 29.9 Å². The van der Waals surface area contributed by atoms with Crippen LogP contribution in [-0.2, 0) is 6.54 Å². The molecule has 0 amide bonds. The SMILES string of the molecule is CCN1CCN(Cc2ccccc2-c2cnc3ccccn23)CC1. The number of benzene rings is 1. The molecule has 3 aromatic rings. The van der Waals surface area contributed by atoms with Gasteiger partial charge in [0.2, 0.25) is 0 Å². The monoisotopic (exact) mass is 320 g/mol. The summed E-state index contributed by atoms with van der Waals surface area (Å²) in [5.41, 5.74) is 4.84. The Bertz CT molecular complexity index is 815. The number of likely N-dealkylation sites (N-methyl/N-ethyl adjacent to an activating group) is 1. The quantitative estimate of drug-likeness (QED) is 0.738. The molecule has 1 saturated heterocycles. The first-order chi connectivity index (χ1) is 11.8. The minimum absolute atomic E-state index is 0.999. The topological polar surface area (TPSA) is 23.8 Å². The van der Waals surface area contributed by atoms with Crippen molar-refractivity contribution in [2.45, 2.75) is 13.5 Å². The number of pyridine rings is 1. The van der Waals surface area contributed by atoms with Crippen molar-refractivity contribution in [1.29, 1.82) is 0 Å². The molecule has 0 bridgehead atoms. The number of piperazine rings is 1. The van der Waals surface area contributed by atoms with Gasteiger partial charge in [0.25, 0.3) is 0 Å². The van der Waals surface area contributed by atoms with Crippen LogP contribution in [0.2, 0.25) is 0 Å². The lowest BCUT2D eigenvalue weighted by molar-refractivity contribution is 0.132. The van der Waals surface area contributed by atoms with Gasteiger partial charge in [-0.2, -0.15) is 0 Å². The van der Waals surface area contributed by atoms with Crippen molar-refractivity contribution in [1.82, 2.24) is 19.2 Å². The van der Waals surface area contributed by atoms with E-state index in [9.17, 15) is 0 Å². The Labute approximate surface area is 143 Å². The zero-order valence-electron chi connectivity index (χ0n) is 14.2. The van der Waals surface area contributed by atoms with Gasteiger partial charge in [-0.1, -0.05) is 37.3 Å². The van der Waals surface area contributed by atoms with E-state index in [1.807, 2.05) is 12.3 Å². The largest absolute Gasteiger partial charge is 0.301 e. The lowest BCUT2D eigenvalue weighted by atomic mass is 10.0. The van der Waals surface area contributed by atoms with E-state index in [-0.39, 0.29) is 0 Å². The first-order valence-corrected chi connectivity index (χ1v) is 8.80. The van der Waals surface area contributed by atoms with Crippen molar-refractivity contribution < 1.29 is 0 Å². The van der Waals surface area contributed by atoms with Gasteiger partial charge in [-0.15, -0.1) is 0 Å². The molecule has 0 atom stereocenters. The average molecular weight is 320 g/mol. The summed E-state index contributed by atoms with van der Waals surface area (Å²) in [5, 5.41) is 0. The van der Waals surface area contributed by atoms with Crippen LogP contribution in [0.15, 0.2) is 54.9 Å². The smallest absolute Gasteiger partial charge is 0.137 e. The number of hydrogen-bond donors (Lipinski definition) is 0. The van der Waals surface area contributed by atoms with Crippen LogP contribution in [0.5, 0.6) is 0 Å². The van der Waals surface area contributed by atoms with E-state index < -0.39 is 0 Å². The molecule has 0 N–H and O–H groups in total. The summed E-state index contributed by atoms with van der Waals surface area (Å²) in [6.07, 6.45) is 4.08. The second kappa shape index (κ2) is 6.75. The zero-order valence-corrected chi connectivity index (χ0v) is 14.2. The lowest BCUT2D eigenvalue weighted by Gasteiger charge is -2.34. The number of hydrogen-bond acceptors (Lipinski definition) is 3. The Hall–Kier alpha value is -2.17. The van der Waals surface area contributed by atoms with Crippen molar-refractivity contribution in [2.24, 2.45) is 0 Å². The van der Waals surface area contributed by atoms with Crippen LogP contribution < -0.4 is 0 Å². The van der Waals surface area contributed by atoms with Crippen molar-refractivity contribution in [3.8, 4) is 11.3 Å². The van der Waals surface area contributed by atoms with Gasteiger partial charge < -0.3 is 4.90 Å². The fourth-order valence-electron chi connectivity index (χ4n) is 3.54. The molecular formula is C20H24N4. The fraction of sp³-hybridized carbons (Fsp3) is 0.350. The van der Waals surface area contributed by atoms with Crippen LogP contribution in [0.1, 0.15) is 12.5 Å². The minimum Gasteiger partial charge on any atom is -0.301 e. The highest BCUT2D eigenvalue weighted by Crippen LogP contribution is 2.26. The summed E-state index contributed by atoms with van der Waals surface area (Å²) >= 11 is 0. The standard InChI is InChI=1S/C20H24N4/c1-2-22-11-13-23(14-12-22)16-17-7-3-4-8-18(17)19-15-21-20-9-5-6-10-24(19)20/h3-10,15H,2,11-14,16H2,1H3. The van der Waals surface area contributed by atoms with Crippen LogP contribution in [0.3, 0.4) is 0 Å². The van der Waals surface area contributed by atoms with E-state index in [4.69, 9.17) is 0 Å². The molecule has 24 heavy (non-hydrogen) atoms. The van der Waals surface area contributed by atoms with Gasteiger partial charge >= 0.3 is 0 Å². The normalized spacial score (nSPS) is 16.7. The average Bonchev–Trinajstić information content (AvgIpc) is 3.07. The number of aromatic nitrogens is 2. The molecule has 4 heteroatoms. The maximum Gasteiger partial charge on any atom is 0.137 e. The Morgan fingerprint density at radius 2 is 1.67 bits per heavy atom. The van der Waals surface area contributed by atoms with Crippen molar-refractivity contribution in [3.63, 3.8) is 0 Å². The van der Waals surface area contributed by atoms with E-state index in [0.717, 1.165) is 31.8 Å². The molecule has 1 aliphatic heterocycles. The first-order valence-electron chi connectivity index (χ1n) is 8.80. The third-order valence-electron chi connectivity index (χ3n) is 5.02. The van der Waals surface area contributed by atoms with E-state index >= 15 is 0 Å². The molecule has 0 unspecified atom stereocenters. The maximum atomic E-state index is 4.55. The van der Waals surface area contributed by atoms with Crippen molar-refractivity contribution in [3.05, 3.63) is 60.4 Å². The number of nitrogens with zero attached hydrogens (tertiary/aromatic N) is 4. The molecule has 0 spiro atoms. The number of imidazole rings is 1. The summed E-state index contributed by atoms with van der Waals surface area (Å²) in [4.78, 5) is 9.63. The highest BCUT2D eigenvalue weighted by molar-refractivity contribution is 5.67. The predicted molar refractivity (Wildman–Crippen MR) is 98.0 cm³/mol. The highest BCUT2D eigenvalue weighted by atomic mass is 15.3. The minimum atomic E-state index is 0.999. The van der Waals surface area contributed by atoms with Crippen LogP contribution >= 0.6 is 0 Å². The van der Waals surface area contributed by atoms with Gasteiger partial charge in [0.15, 0.2) is 0 Å². The molecular weight excluding hydrogens is 296 g/mol. The molecule has 1 aromatic carbocycles. The fourth-order valence-corrected chi connectivity index (χ4v) is 3.54. The van der Waals surface area contributed by atoms with Gasteiger partial charge in [0.05, 0.1) is 11.9 Å². The Morgan fingerprint density at radius 3 is 2.50 bits per heavy atom. The predicted octanol–water partition coefficient (Wildman–Crippen LogP) is 3.14. The summed E-state index contributed by atoms with van der Waals surface area (Å²) in [7, 11) is 0. The highest BCUT2D eigenvalue weighted by Gasteiger charge is 2.17. The van der Waals surface area contributed by atoms with E-state index in [1.54, 1.807) is 0 Å².